The Morgan fingerprint density at radius 2 is 2.40 bits per heavy atom. The van der Waals surface area contributed by atoms with E-state index in [2.05, 4.69) is 17.1 Å². The predicted molar refractivity (Wildman–Crippen MR) is 59.7 cm³/mol. The van der Waals surface area contributed by atoms with E-state index in [-0.39, 0.29) is 0 Å². The maximum atomic E-state index is 11.4. The molecular weight excluding hydrogens is 208 g/mol. The van der Waals surface area contributed by atoms with Crippen molar-refractivity contribution in [2.24, 2.45) is 5.92 Å². The maximum absolute atomic E-state index is 11.4. The minimum absolute atomic E-state index is 0.378. The summed E-state index contributed by atoms with van der Waals surface area (Å²) in [7, 11) is 0. The average molecular weight is 222 g/mol. The number of rotatable bonds is 2. The fourth-order valence-corrected chi connectivity index (χ4v) is 2.96. The van der Waals surface area contributed by atoms with Crippen molar-refractivity contribution in [3.8, 4) is 0 Å². The van der Waals surface area contributed by atoms with E-state index in [1.165, 1.54) is 0 Å². The minimum atomic E-state index is 0.378. The molecule has 1 aliphatic rings. The van der Waals surface area contributed by atoms with Gasteiger partial charge in [-0.1, -0.05) is 6.92 Å². The second-order valence-corrected chi connectivity index (χ2v) is 5.24. The summed E-state index contributed by atoms with van der Waals surface area (Å²) in [4.78, 5) is 11.4. The van der Waals surface area contributed by atoms with E-state index in [9.17, 15) is 4.79 Å². The molecule has 1 saturated carbocycles. The van der Waals surface area contributed by atoms with Gasteiger partial charge in [0.05, 0.1) is 0 Å². The van der Waals surface area contributed by atoms with E-state index in [4.69, 9.17) is 0 Å². The van der Waals surface area contributed by atoms with Gasteiger partial charge in [0, 0.05) is 24.3 Å². The molecule has 1 aromatic rings. The van der Waals surface area contributed by atoms with Gasteiger partial charge in [0.1, 0.15) is 10.8 Å². The van der Waals surface area contributed by atoms with Crippen LogP contribution in [0.5, 0.6) is 0 Å². The lowest BCUT2D eigenvalue weighted by atomic mass is 9.89. The molecule has 1 aliphatic carbocycles. The summed E-state index contributed by atoms with van der Waals surface area (Å²) in [6.07, 6.45) is 4.11. The van der Waals surface area contributed by atoms with E-state index >= 15 is 0 Å². The van der Waals surface area contributed by atoms with Crippen molar-refractivity contribution in [1.82, 2.24) is 10.2 Å². The second-order valence-electron chi connectivity index (χ2n) is 3.98. The van der Waals surface area contributed by atoms with Gasteiger partial charge in [-0.15, -0.1) is 16.9 Å². The number of hydrogen-bond donors (Lipinski definition) is 0. The van der Waals surface area contributed by atoms with Gasteiger partial charge in [0.15, 0.2) is 0 Å². The van der Waals surface area contributed by atoms with Crippen LogP contribution in [0.3, 0.4) is 0 Å². The van der Waals surface area contributed by atoms with Crippen LogP contribution in [0, 0.1) is 5.92 Å². The molecule has 0 radical (unpaired) electrons. The molecule has 0 saturated heterocycles. The monoisotopic (exact) mass is 222 g/mol. The lowest BCUT2D eigenvalue weighted by Crippen LogP contribution is -2.25. The Morgan fingerprint density at radius 3 is 3.13 bits per heavy atom. The summed E-state index contributed by atoms with van der Waals surface area (Å²) in [6.45, 7) is 2.21. The second kappa shape index (κ2) is 4.75. The van der Waals surface area contributed by atoms with Crippen molar-refractivity contribution < 1.29 is 4.79 Å². The van der Waals surface area contributed by atoms with Crippen molar-refractivity contribution >= 4 is 17.5 Å². The molecule has 2 atom stereocenters. The van der Waals surface area contributed by atoms with Crippen LogP contribution in [-0.4, -0.2) is 21.2 Å². The van der Waals surface area contributed by atoms with Crippen LogP contribution in [0.1, 0.15) is 26.2 Å². The number of thioether (sulfide) groups is 1. The minimum Gasteiger partial charge on any atom is -0.300 e. The van der Waals surface area contributed by atoms with Crippen LogP contribution < -0.4 is 0 Å². The van der Waals surface area contributed by atoms with Crippen LogP contribution in [0.2, 0.25) is 0 Å². The predicted octanol–water partition coefficient (Wildman–Crippen LogP) is 2.33. The molecule has 15 heavy (non-hydrogen) atoms. The molecule has 0 aliphatic heterocycles. The first-order chi connectivity index (χ1) is 7.25. The summed E-state index contributed by atoms with van der Waals surface area (Å²) in [5, 5.41) is 9.17. The zero-order valence-electron chi connectivity index (χ0n) is 8.72. The summed E-state index contributed by atoms with van der Waals surface area (Å²) < 4.78 is 0. The summed E-state index contributed by atoms with van der Waals surface area (Å²) in [6, 6.07) is 3.83. The van der Waals surface area contributed by atoms with E-state index in [1.54, 1.807) is 18.0 Å². The summed E-state index contributed by atoms with van der Waals surface area (Å²) in [5.74, 6) is 0.976. The smallest absolute Gasteiger partial charge is 0.134 e. The van der Waals surface area contributed by atoms with Gasteiger partial charge in [-0.3, -0.25) is 4.79 Å². The number of carbonyl (C=O) groups is 1. The van der Waals surface area contributed by atoms with Gasteiger partial charge in [-0.2, -0.15) is 5.10 Å². The maximum Gasteiger partial charge on any atom is 0.134 e. The molecule has 2 rings (SSSR count). The van der Waals surface area contributed by atoms with Crippen molar-refractivity contribution in [2.75, 3.05) is 0 Å². The quantitative estimate of drug-likeness (QED) is 0.770. The molecule has 3 nitrogen and oxygen atoms in total. The third-order valence-electron chi connectivity index (χ3n) is 2.76. The van der Waals surface area contributed by atoms with Crippen molar-refractivity contribution in [3.63, 3.8) is 0 Å². The third kappa shape index (κ3) is 2.78. The molecule has 0 N–H and O–H groups in total. The first kappa shape index (κ1) is 10.6. The summed E-state index contributed by atoms with van der Waals surface area (Å²) >= 11 is 1.68. The topological polar surface area (TPSA) is 42.9 Å². The molecule has 0 amide bonds. The molecule has 4 heteroatoms. The van der Waals surface area contributed by atoms with Gasteiger partial charge in [0.2, 0.25) is 0 Å². The fourth-order valence-electron chi connectivity index (χ4n) is 1.77. The van der Waals surface area contributed by atoms with E-state index in [0.29, 0.717) is 23.4 Å². The van der Waals surface area contributed by atoms with Crippen molar-refractivity contribution in [2.45, 2.75) is 36.5 Å². The number of carbonyl (C=O) groups excluding carboxylic acids is 1. The molecular formula is C11H14N2OS. The van der Waals surface area contributed by atoms with E-state index < -0.39 is 0 Å². The Kier molecular flexibility index (Phi) is 3.36. The van der Waals surface area contributed by atoms with Crippen LogP contribution in [0.15, 0.2) is 23.4 Å². The first-order valence-electron chi connectivity index (χ1n) is 5.22. The zero-order chi connectivity index (χ0) is 10.7. The molecule has 0 bridgehead atoms. The molecule has 1 fully saturated rings. The van der Waals surface area contributed by atoms with E-state index in [1.807, 2.05) is 12.1 Å². The highest BCUT2D eigenvalue weighted by atomic mass is 32.2. The van der Waals surface area contributed by atoms with Gasteiger partial charge < -0.3 is 0 Å². The standard InChI is InChI=1S/C11H14N2OS/c1-8-4-5-9(14)7-10(8)15-11-3-2-6-12-13-11/h2-3,6,8,10H,4-5,7H2,1H3. The largest absolute Gasteiger partial charge is 0.300 e. The third-order valence-corrected chi connectivity index (χ3v) is 4.16. The molecule has 0 spiro atoms. The van der Waals surface area contributed by atoms with Gasteiger partial charge in [-0.05, 0) is 24.5 Å². The van der Waals surface area contributed by atoms with Crippen LogP contribution in [0.4, 0.5) is 0 Å². The van der Waals surface area contributed by atoms with Gasteiger partial charge in [0.25, 0.3) is 0 Å². The van der Waals surface area contributed by atoms with Gasteiger partial charge >= 0.3 is 0 Å². The normalized spacial score (nSPS) is 26.6. The van der Waals surface area contributed by atoms with Crippen molar-refractivity contribution in [3.05, 3.63) is 18.3 Å². The lowest BCUT2D eigenvalue weighted by molar-refractivity contribution is -0.120. The molecule has 80 valence electrons. The number of aromatic nitrogens is 2. The highest BCUT2D eigenvalue weighted by Crippen LogP contribution is 2.34. The van der Waals surface area contributed by atoms with Crippen LogP contribution >= 0.6 is 11.8 Å². The Hall–Kier alpha value is -0.900. The molecule has 1 aromatic heterocycles. The zero-order valence-corrected chi connectivity index (χ0v) is 9.54. The summed E-state index contributed by atoms with van der Waals surface area (Å²) in [5.41, 5.74) is 0. The highest BCUT2D eigenvalue weighted by molar-refractivity contribution is 7.99. The Balaban J connectivity index is 2.01. The number of nitrogens with zero attached hydrogens (tertiary/aromatic N) is 2. The first-order valence-corrected chi connectivity index (χ1v) is 6.10. The molecule has 2 unspecified atom stereocenters. The Bertz CT molecular complexity index is 342. The molecule has 1 heterocycles. The van der Waals surface area contributed by atoms with Crippen LogP contribution in [0.25, 0.3) is 0 Å². The number of Topliss-reactive ketones (excluding diaryl/α,β-unsaturated/α-hetero) is 1. The number of hydrogen-bond acceptors (Lipinski definition) is 4. The fraction of sp³-hybridized carbons (Fsp3) is 0.545. The van der Waals surface area contributed by atoms with Gasteiger partial charge in [-0.25, -0.2) is 0 Å². The average Bonchev–Trinajstić information content (AvgIpc) is 2.25. The Morgan fingerprint density at radius 1 is 1.53 bits per heavy atom. The number of ketones is 1. The van der Waals surface area contributed by atoms with E-state index in [0.717, 1.165) is 17.9 Å². The molecule has 0 aromatic carbocycles. The lowest BCUT2D eigenvalue weighted by Gasteiger charge is -2.26. The van der Waals surface area contributed by atoms with Crippen LogP contribution in [-0.2, 0) is 4.79 Å². The SMILES string of the molecule is CC1CCC(=O)CC1Sc1cccnn1. The van der Waals surface area contributed by atoms with Crippen molar-refractivity contribution in [1.29, 1.82) is 0 Å². The highest BCUT2D eigenvalue weighted by Gasteiger charge is 2.27. The Labute approximate surface area is 93.7 Å².